The van der Waals surface area contributed by atoms with Crippen LogP contribution in [0.1, 0.15) is 52.4 Å². The van der Waals surface area contributed by atoms with Crippen LogP contribution in [0.25, 0.3) is 0 Å². The number of ketones is 2. The van der Waals surface area contributed by atoms with Crippen molar-refractivity contribution in [2.45, 2.75) is 63.5 Å². The molecule has 2 aromatic rings. The molecular weight excluding hydrogens is 737 g/mol. The van der Waals surface area contributed by atoms with Gasteiger partial charge in [-0.3, -0.25) is 28.8 Å². The maximum atomic E-state index is 13.3. The standard InChI is InChI=1S/C18H21ClFN3O3.C10H12ClFN2.C8H11NO4/c1-18(15(24)11-16(25)21-18)5-4-17(26)23-8-6-22(7-9-23)12-2-3-14(20)13(19)10-12;11-9-7-8(1-2-10(9)12)14-5-3-13-4-6-14;1-8(3-2-7(12)13)5(10)4-6(11)9-8/h2-3,10H,4-9,11H2,1H3,(H,21,25);1-2,7,13H,3-6H2;2-4H2,1H3,(H,9,11)(H,12,13). The number of aliphatic carboxylic acids is 1. The van der Waals surface area contributed by atoms with Crippen molar-refractivity contribution in [3.05, 3.63) is 58.1 Å². The number of hydrogen-bond donors (Lipinski definition) is 4. The number of nitrogens with one attached hydrogen (secondary N) is 3. The summed E-state index contributed by atoms with van der Waals surface area (Å²) >= 11 is 11.5. The summed E-state index contributed by atoms with van der Waals surface area (Å²) in [6.07, 6.45) is 0.338. The molecule has 0 radical (unpaired) electrons. The Kier molecular flexibility index (Phi) is 14.2. The van der Waals surface area contributed by atoms with E-state index < -0.39 is 22.9 Å². The Balaban J connectivity index is 0.000000196. The Morgan fingerprint density at radius 3 is 1.55 bits per heavy atom. The lowest BCUT2D eigenvalue weighted by molar-refractivity contribution is -0.138. The maximum absolute atomic E-state index is 13.3. The molecule has 2 aromatic carbocycles. The summed E-state index contributed by atoms with van der Waals surface area (Å²) in [5.74, 6) is -2.79. The van der Waals surface area contributed by atoms with E-state index in [0.717, 1.165) is 37.6 Å². The van der Waals surface area contributed by atoms with Crippen LogP contribution in [0.4, 0.5) is 20.2 Å². The summed E-state index contributed by atoms with van der Waals surface area (Å²) in [5.41, 5.74) is -0.0669. The van der Waals surface area contributed by atoms with Crippen molar-refractivity contribution in [1.82, 2.24) is 20.9 Å². The number of carbonyl (C=O) groups is 6. The molecule has 0 spiro atoms. The minimum Gasteiger partial charge on any atom is -0.481 e. The van der Waals surface area contributed by atoms with Crippen molar-refractivity contribution in [3.63, 3.8) is 0 Å². The Bertz CT molecular complexity index is 1720. The number of carboxylic acid groups (broad SMARTS) is 1. The molecule has 0 saturated carbocycles. The molecule has 4 heterocycles. The smallest absolute Gasteiger partial charge is 0.303 e. The van der Waals surface area contributed by atoms with Crippen LogP contribution >= 0.6 is 23.2 Å². The first-order valence-corrected chi connectivity index (χ1v) is 18.0. The fraction of sp³-hybridized carbons (Fsp3) is 0.500. The number of amides is 3. The number of hydrogen-bond acceptors (Lipinski definition) is 9. The number of halogens is 4. The van der Waals surface area contributed by atoms with E-state index in [2.05, 4.69) is 25.8 Å². The number of rotatable bonds is 8. The second kappa shape index (κ2) is 18.1. The molecule has 13 nitrogen and oxygen atoms in total. The lowest BCUT2D eigenvalue weighted by Gasteiger charge is -2.36. The van der Waals surface area contributed by atoms with Gasteiger partial charge in [0.25, 0.3) is 0 Å². The van der Waals surface area contributed by atoms with Gasteiger partial charge in [0.1, 0.15) is 11.6 Å². The summed E-state index contributed by atoms with van der Waals surface area (Å²) < 4.78 is 26.2. The van der Waals surface area contributed by atoms with E-state index in [1.807, 2.05) is 0 Å². The lowest BCUT2D eigenvalue weighted by Crippen LogP contribution is -2.50. The Labute approximate surface area is 316 Å². The van der Waals surface area contributed by atoms with Gasteiger partial charge in [0.05, 0.1) is 34.0 Å². The zero-order valence-electron chi connectivity index (χ0n) is 29.6. The van der Waals surface area contributed by atoms with E-state index in [-0.39, 0.29) is 77.3 Å². The van der Waals surface area contributed by atoms with Crippen LogP contribution in [0.2, 0.25) is 10.0 Å². The number of nitrogens with zero attached hydrogens (tertiary/aromatic N) is 3. The first-order valence-electron chi connectivity index (χ1n) is 17.3. The average Bonchev–Trinajstić information content (AvgIpc) is 3.55. The highest BCUT2D eigenvalue weighted by Gasteiger charge is 2.42. The van der Waals surface area contributed by atoms with E-state index in [9.17, 15) is 37.5 Å². The quantitative estimate of drug-likeness (QED) is 0.292. The van der Waals surface area contributed by atoms with Gasteiger partial charge in [0.15, 0.2) is 11.6 Å². The minimum absolute atomic E-state index is 0.0306. The topological polar surface area (TPSA) is 168 Å². The number of carbonyl (C=O) groups excluding carboxylic acids is 5. The molecule has 4 N–H and O–H groups in total. The fourth-order valence-electron chi connectivity index (χ4n) is 6.30. The van der Waals surface area contributed by atoms with Crippen LogP contribution in [0, 0.1) is 11.6 Å². The molecule has 3 amide bonds. The monoisotopic (exact) mass is 780 g/mol. The van der Waals surface area contributed by atoms with Crippen LogP contribution in [-0.2, 0) is 28.8 Å². The van der Waals surface area contributed by atoms with Crippen molar-refractivity contribution < 1.29 is 42.7 Å². The fourth-order valence-corrected chi connectivity index (χ4v) is 6.65. The molecule has 17 heteroatoms. The zero-order valence-corrected chi connectivity index (χ0v) is 31.1. The molecule has 4 saturated heterocycles. The summed E-state index contributed by atoms with van der Waals surface area (Å²) in [4.78, 5) is 74.0. The number of piperazine rings is 2. The molecule has 4 aliphatic heterocycles. The molecule has 4 aliphatic rings. The summed E-state index contributed by atoms with van der Waals surface area (Å²) in [7, 11) is 0. The minimum atomic E-state index is -0.963. The van der Waals surface area contributed by atoms with Gasteiger partial charge < -0.3 is 35.8 Å². The number of benzene rings is 2. The first kappa shape index (κ1) is 41.4. The lowest BCUT2D eigenvalue weighted by atomic mass is 9.92. The van der Waals surface area contributed by atoms with Crippen molar-refractivity contribution in [2.24, 2.45) is 0 Å². The van der Waals surface area contributed by atoms with Gasteiger partial charge in [0.2, 0.25) is 17.7 Å². The first-order chi connectivity index (χ1) is 25.0. The molecule has 0 bridgehead atoms. The summed E-state index contributed by atoms with van der Waals surface area (Å²) in [6, 6.07) is 9.47. The summed E-state index contributed by atoms with van der Waals surface area (Å²) in [6.45, 7) is 9.40. The Hall–Kier alpha value is -4.34. The highest BCUT2D eigenvalue weighted by molar-refractivity contribution is 6.31. The SMILES string of the molecule is CC1(CCC(=O)N2CCN(c3ccc(F)c(Cl)c3)CC2)NC(=O)CC1=O.CC1(CCC(=O)O)NC(=O)CC1=O.Fc1ccc(N2CCNCC2)cc1Cl. The highest BCUT2D eigenvalue weighted by Crippen LogP contribution is 2.26. The molecule has 288 valence electrons. The molecule has 53 heavy (non-hydrogen) atoms. The molecule has 4 fully saturated rings. The molecular formula is C36H44Cl2F2N6O7. The molecule has 2 atom stereocenters. The third kappa shape index (κ3) is 11.3. The van der Waals surface area contributed by atoms with Gasteiger partial charge >= 0.3 is 5.97 Å². The van der Waals surface area contributed by atoms with E-state index >= 15 is 0 Å². The zero-order chi connectivity index (χ0) is 38.9. The highest BCUT2D eigenvalue weighted by atomic mass is 35.5. The third-order valence-corrected chi connectivity index (χ3v) is 10.2. The Morgan fingerprint density at radius 2 is 1.15 bits per heavy atom. The molecule has 6 rings (SSSR count). The molecule has 2 unspecified atom stereocenters. The predicted octanol–water partition coefficient (Wildman–Crippen LogP) is 3.34. The normalized spacial score (nSPS) is 22.7. The third-order valence-electron chi connectivity index (χ3n) is 9.67. The van der Waals surface area contributed by atoms with E-state index in [0.29, 0.717) is 32.6 Å². The Morgan fingerprint density at radius 1 is 0.717 bits per heavy atom. The largest absolute Gasteiger partial charge is 0.481 e. The van der Waals surface area contributed by atoms with Crippen LogP contribution in [0.5, 0.6) is 0 Å². The second-order valence-electron chi connectivity index (χ2n) is 13.7. The van der Waals surface area contributed by atoms with Crippen molar-refractivity contribution >= 4 is 69.8 Å². The van der Waals surface area contributed by atoms with Crippen LogP contribution in [0.15, 0.2) is 36.4 Å². The average molecular weight is 782 g/mol. The predicted molar refractivity (Wildman–Crippen MR) is 195 cm³/mol. The van der Waals surface area contributed by atoms with E-state index in [1.165, 1.54) is 12.1 Å². The van der Waals surface area contributed by atoms with E-state index in [1.54, 1.807) is 43.0 Å². The molecule has 0 aliphatic carbocycles. The number of anilines is 2. The van der Waals surface area contributed by atoms with Crippen LogP contribution in [-0.4, -0.2) is 109 Å². The maximum Gasteiger partial charge on any atom is 0.303 e. The van der Waals surface area contributed by atoms with Crippen LogP contribution in [0.3, 0.4) is 0 Å². The van der Waals surface area contributed by atoms with Gasteiger partial charge in [-0.1, -0.05) is 23.2 Å². The van der Waals surface area contributed by atoms with Gasteiger partial charge in [-0.05, 0) is 63.1 Å². The summed E-state index contributed by atoms with van der Waals surface area (Å²) in [5, 5.41) is 17.1. The molecule has 0 aromatic heterocycles. The second-order valence-corrected chi connectivity index (χ2v) is 14.5. The van der Waals surface area contributed by atoms with Gasteiger partial charge in [-0.25, -0.2) is 8.78 Å². The van der Waals surface area contributed by atoms with Crippen molar-refractivity contribution in [1.29, 1.82) is 0 Å². The van der Waals surface area contributed by atoms with Crippen LogP contribution < -0.4 is 25.8 Å². The van der Waals surface area contributed by atoms with Crippen molar-refractivity contribution in [3.8, 4) is 0 Å². The van der Waals surface area contributed by atoms with Gasteiger partial charge in [-0.2, -0.15) is 0 Å². The van der Waals surface area contributed by atoms with Gasteiger partial charge in [0, 0.05) is 76.6 Å². The number of Topliss-reactive ketones (excluding diaryl/α,β-unsaturated/α-hetero) is 2. The van der Waals surface area contributed by atoms with E-state index in [4.69, 9.17) is 28.3 Å². The number of carboxylic acids is 1. The van der Waals surface area contributed by atoms with Crippen molar-refractivity contribution in [2.75, 3.05) is 62.2 Å². The van der Waals surface area contributed by atoms with Gasteiger partial charge in [-0.15, -0.1) is 0 Å².